The average molecular weight is 423 g/mol. The molecule has 1 amide bonds. The molecule has 0 bridgehead atoms. The minimum absolute atomic E-state index is 0.298. The van der Waals surface area contributed by atoms with Crippen molar-refractivity contribution in [3.63, 3.8) is 0 Å². The Morgan fingerprint density at radius 2 is 1.94 bits per heavy atom. The minimum atomic E-state index is -0.517. The fourth-order valence-corrected chi connectivity index (χ4v) is 3.82. The largest absolute Gasteiger partial charge is 0.496 e. The first-order valence-corrected chi connectivity index (χ1v) is 10.4. The third kappa shape index (κ3) is 4.29. The number of rotatable bonds is 3. The standard InChI is InChI=1S/C25H27FN2O3/c1-25(2,3)31-24(29)28-13-11-16(12-14-28)17-9-10-20-19(15-17)22(26)23(27-20)18-7-5-6-8-21(18)30-4/h5-11,15,27H,12-14H2,1-4H3. The van der Waals surface area contributed by atoms with E-state index in [0.717, 1.165) is 16.7 Å². The second-order valence-electron chi connectivity index (χ2n) is 8.68. The Morgan fingerprint density at radius 1 is 1.16 bits per heavy atom. The predicted octanol–water partition coefficient (Wildman–Crippen LogP) is 6.01. The maximum atomic E-state index is 15.3. The number of carbonyl (C=O) groups is 1. The smallest absolute Gasteiger partial charge is 0.410 e. The molecule has 4 rings (SSSR count). The fourth-order valence-electron chi connectivity index (χ4n) is 3.82. The van der Waals surface area contributed by atoms with E-state index in [0.29, 0.717) is 41.9 Å². The number of hydrogen-bond acceptors (Lipinski definition) is 3. The van der Waals surface area contributed by atoms with Crippen LogP contribution in [0.1, 0.15) is 32.8 Å². The molecule has 2 aromatic carbocycles. The number of para-hydroxylation sites is 1. The van der Waals surface area contributed by atoms with Crippen LogP contribution in [-0.4, -0.2) is 41.8 Å². The number of aromatic amines is 1. The van der Waals surface area contributed by atoms with E-state index < -0.39 is 5.60 Å². The maximum Gasteiger partial charge on any atom is 0.410 e. The fraction of sp³-hybridized carbons (Fsp3) is 0.320. The summed E-state index contributed by atoms with van der Waals surface area (Å²) in [6.45, 7) is 6.62. The van der Waals surface area contributed by atoms with Crippen LogP contribution in [0.5, 0.6) is 5.75 Å². The molecule has 31 heavy (non-hydrogen) atoms. The Balaban J connectivity index is 1.61. The quantitative estimate of drug-likeness (QED) is 0.563. The van der Waals surface area contributed by atoms with E-state index in [1.165, 1.54) is 0 Å². The summed E-state index contributed by atoms with van der Waals surface area (Å²) in [5.74, 6) is 0.318. The first kappa shape index (κ1) is 21.0. The lowest BCUT2D eigenvalue weighted by Crippen LogP contribution is -2.39. The zero-order chi connectivity index (χ0) is 22.2. The molecule has 0 fully saturated rings. The van der Waals surface area contributed by atoms with Crippen molar-refractivity contribution in [2.24, 2.45) is 0 Å². The van der Waals surface area contributed by atoms with Gasteiger partial charge in [-0.05, 0) is 62.6 Å². The molecule has 3 aromatic rings. The summed E-state index contributed by atoms with van der Waals surface area (Å²) >= 11 is 0. The van der Waals surface area contributed by atoms with Gasteiger partial charge in [0.05, 0.1) is 12.8 Å². The van der Waals surface area contributed by atoms with Crippen LogP contribution in [0.15, 0.2) is 48.5 Å². The molecule has 0 unspecified atom stereocenters. The van der Waals surface area contributed by atoms with Crippen molar-refractivity contribution in [3.8, 4) is 17.0 Å². The lowest BCUT2D eigenvalue weighted by atomic mass is 9.98. The summed E-state index contributed by atoms with van der Waals surface area (Å²) in [6, 6.07) is 13.1. The second-order valence-corrected chi connectivity index (χ2v) is 8.68. The number of amides is 1. The molecule has 1 aliphatic rings. The van der Waals surface area contributed by atoms with Crippen molar-refractivity contribution in [2.45, 2.75) is 32.8 Å². The van der Waals surface area contributed by atoms with Gasteiger partial charge in [0.15, 0.2) is 5.82 Å². The molecule has 5 nitrogen and oxygen atoms in total. The van der Waals surface area contributed by atoms with Crippen LogP contribution in [0.2, 0.25) is 0 Å². The van der Waals surface area contributed by atoms with Gasteiger partial charge in [-0.25, -0.2) is 9.18 Å². The molecule has 162 valence electrons. The van der Waals surface area contributed by atoms with Gasteiger partial charge in [0.2, 0.25) is 0 Å². The van der Waals surface area contributed by atoms with Crippen LogP contribution >= 0.6 is 0 Å². The van der Waals surface area contributed by atoms with Gasteiger partial charge in [-0.1, -0.05) is 24.3 Å². The van der Waals surface area contributed by atoms with Crippen LogP contribution in [0.4, 0.5) is 9.18 Å². The van der Waals surface area contributed by atoms with Gasteiger partial charge >= 0.3 is 6.09 Å². The maximum absolute atomic E-state index is 15.3. The van der Waals surface area contributed by atoms with Crippen LogP contribution in [0.25, 0.3) is 27.7 Å². The van der Waals surface area contributed by atoms with E-state index in [1.807, 2.05) is 69.3 Å². The normalized spacial score (nSPS) is 14.5. The number of carbonyl (C=O) groups excluding carboxylic acids is 1. The molecule has 0 spiro atoms. The summed E-state index contributed by atoms with van der Waals surface area (Å²) in [5, 5.41) is 0.536. The van der Waals surface area contributed by atoms with Gasteiger partial charge in [0.25, 0.3) is 0 Å². The van der Waals surface area contributed by atoms with Gasteiger partial charge in [-0.3, -0.25) is 0 Å². The minimum Gasteiger partial charge on any atom is -0.496 e. The van der Waals surface area contributed by atoms with Gasteiger partial charge < -0.3 is 19.4 Å². The molecule has 6 heteroatoms. The number of benzene rings is 2. The lowest BCUT2D eigenvalue weighted by molar-refractivity contribution is 0.0270. The average Bonchev–Trinajstić information content (AvgIpc) is 3.08. The van der Waals surface area contributed by atoms with Crippen molar-refractivity contribution >= 4 is 22.6 Å². The first-order chi connectivity index (χ1) is 14.8. The summed E-state index contributed by atoms with van der Waals surface area (Å²) < 4.78 is 26.2. The van der Waals surface area contributed by atoms with Crippen molar-refractivity contribution in [1.82, 2.24) is 9.88 Å². The molecule has 0 saturated heterocycles. The zero-order valence-electron chi connectivity index (χ0n) is 18.3. The molecule has 1 aromatic heterocycles. The van der Waals surface area contributed by atoms with Crippen LogP contribution < -0.4 is 4.74 Å². The van der Waals surface area contributed by atoms with Crippen LogP contribution in [0, 0.1) is 5.82 Å². The topological polar surface area (TPSA) is 54.6 Å². The van der Waals surface area contributed by atoms with Gasteiger partial charge in [-0.15, -0.1) is 0 Å². The Hall–Kier alpha value is -3.28. The monoisotopic (exact) mass is 422 g/mol. The number of nitrogens with one attached hydrogen (secondary N) is 1. The van der Waals surface area contributed by atoms with E-state index in [4.69, 9.17) is 9.47 Å². The number of nitrogens with zero attached hydrogens (tertiary/aromatic N) is 1. The van der Waals surface area contributed by atoms with Crippen LogP contribution in [0.3, 0.4) is 0 Å². The Bertz CT molecular complexity index is 1160. The number of aromatic nitrogens is 1. The van der Waals surface area contributed by atoms with Gasteiger partial charge in [0.1, 0.15) is 11.4 Å². The van der Waals surface area contributed by atoms with Crippen LogP contribution in [-0.2, 0) is 4.74 Å². The van der Waals surface area contributed by atoms with Gasteiger partial charge in [0, 0.05) is 29.6 Å². The van der Waals surface area contributed by atoms with Crippen molar-refractivity contribution in [3.05, 3.63) is 59.9 Å². The summed E-state index contributed by atoms with van der Waals surface area (Å²) in [5.41, 5.74) is 3.37. The molecule has 2 heterocycles. The van der Waals surface area contributed by atoms with Crippen molar-refractivity contribution in [2.75, 3.05) is 20.2 Å². The summed E-state index contributed by atoms with van der Waals surface area (Å²) in [6.07, 6.45) is 2.40. The lowest BCUT2D eigenvalue weighted by Gasteiger charge is -2.29. The number of fused-ring (bicyclic) bond motifs is 1. The molecule has 0 atom stereocenters. The number of H-pyrrole nitrogens is 1. The van der Waals surface area contributed by atoms with E-state index >= 15 is 4.39 Å². The molecule has 0 saturated carbocycles. The highest BCUT2D eigenvalue weighted by molar-refractivity contribution is 5.90. The number of halogens is 1. The zero-order valence-corrected chi connectivity index (χ0v) is 18.3. The molecular formula is C25H27FN2O3. The highest BCUT2D eigenvalue weighted by Crippen LogP contribution is 2.36. The van der Waals surface area contributed by atoms with Gasteiger partial charge in [-0.2, -0.15) is 0 Å². The first-order valence-electron chi connectivity index (χ1n) is 10.4. The number of methoxy groups -OCH3 is 1. The number of ether oxygens (including phenoxy) is 2. The molecule has 1 N–H and O–H groups in total. The van der Waals surface area contributed by atoms with E-state index in [2.05, 4.69) is 4.98 Å². The Morgan fingerprint density at radius 3 is 2.61 bits per heavy atom. The second kappa shape index (κ2) is 8.10. The number of hydrogen-bond donors (Lipinski definition) is 1. The Kier molecular flexibility index (Phi) is 5.48. The highest BCUT2D eigenvalue weighted by Gasteiger charge is 2.24. The SMILES string of the molecule is COc1ccccc1-c1[nH]c2ccc(C3=CCN(C(=O)OC(C)(C)C)CC3)cc2c1F. The van der Waals surface area contributed by atoms with E-state index in [9.17, 15) is 4.79 Å². The van der Waals surface area contributed by atoms with Crippen molar-refractivity contribution in [1.29, 1.82) is 0 Å². The molecule has 1 aliphatic heterocycles. The molecule has 0 radical (unpaired) electrons. The molecule has 0 aliphatic carbocycles. The van der Waals surface area contributed by atoms with Crippen molar-refractivity contribution < 1.29 is 18.7 Å². The molecular weight excluding hydrogens is 395 g/mol. The predicted molar refractivity (Wildman–Crippen MR) is 121 cm³/mol. The van der Waals surface area contributed by atoms with E-state index in [-0.39, 0.29) is 11.9 Å². The Labute approximate surface area is 181 Å². The third-order valence-electron chi connectivity index (χ3n) is 5.34. The highest BCUT2D eigenvalue weighted by atomic mass is 19.1. The van der Waals surface area contributed by atoms with E-state index in [1.54, 1.807) is 12.0 Å². The third-order valence-corrected chi connectivity index (χ3v) is 5.34. The summed E-state index contributed by atoms with van der Waals surface area (Å²) in [4.78, 5) is 17.1. The summed E-state index contributed by atoms with van der Waals surface area (Å²) in [7, 11) is 1.58.